The number of aromatic nitrogens is 2. The molecule has 0 aromatic carbocycles. The first-order valence-corrected chi connectivity index (χ1v) is 5.84. The summed E-state index contributed by atoms with van der Waals surface area (Å²) in [4.78, 5) is 10.3. The molecule has 6 nitrogen and oxygen atoms in total. The fourth-order valence-corrected chi connectivity index (χ4v) is 1.62. The molecule has 0 spiro atoms. The minimum Gasteiger partial charge on any atom is -0.395 e. The van der Waals surface area contributed by atoms with Gasteiger partial charge in [-0.05, 0) is 20.8 Å². The molecule has 17 heavy (non-hydrogen) atoms. The number of nitrogen functional groups attached to an aromatic ring is 1. The van der Waals surface area contributed by atoms with Gasteiger partial charge in [0.15, 0.2) is 0 Å². The third kappa shape index (κ3) is 3.74. The molecule has 0 unspecified atom stereocenters. The zero-order chi connectivity index (χ0) is 12.8. The first kappa shape index (κ1) is 13.5. The van der Waals surface area contributed by atoms with Gasteiger partial charge < -0.3 is 21.1 Å². The lowest BCUT2D eigenvalue weighted by molar-refractivity contribution is 0.298. The summed E-state index contributed by atoms with van der Waals surface area (Å²) < 4.78 is 0. The quantitative estimate of drug-likeness (QED) is 0.677. The monoisotopic (exact) mass is 239 g/mol. The molecule has 1 aromatic heterocycles. The highest BCUT2D eigenvalue weighted by atomic mass is 16.3. The Kier molecular flexibility index (Phi) is 4.96. The van der Waals surface area contributed by atoms with Crippen LogP contribution in [0, 0.1) is 0 Å². The molecule has 96 valence electrons. The third-order valence-corrected chi connectivity index (χ3v) is 2.35. The van der Waals surface area contributed by atoms with E-state index >= 15 is 0 Å². The Morgan fingerprint density at radius 2 is 2.18 bits per heavy atom. The highest BCUT2D eigenvalue weighted by Gasteiger charge is 2.13. The number of aliphatic hydroxyl groups is 1. The van der Waals surface area contributed by atoms with Crippen LogP contribution in [0.3, 0.4) is 0 Å². The number of hydrogen-bond donors (Lipinski definition) is 3. The minimum atomic E-state index is 0.0820. The van der Waals surface area contributed by atoms with E-state index in [0.29, 0.717) is 12.4 Å². The molecule has 0 fully saturated rings. The summed E-state index contributed by atoms with van der Waals surface area (Å²) in [5.74, 6) is 1.68. The van der Waals surface area contributed by atoms with Gasteiger partial charge in [-0.15, -0.1) is 0 Å². The highest BCUT2D eigenvalue weighted by molar-refractivity contribution is 5.53. The van der Waals surface area contributed by atoms with Crippen molar-refractivity contribution >= 4 is 17.6 Å². The molecule has 0 aliphatic carbocycles. The second-order valence-corrected chi connectivity index (χ2v) is 4.01. The number of rotatable bonds is 6. The zero-order valence-electron chi connectivity index (χ0n) is 10.6. The van der Waals surface area contributed by atoms with Crippen molar-refractivity contribution in [2.75, 3.05) is 35.6 Å². The molecule has 1 rings (SSSR count). The lowest BCUT2D eigenvalue weighted by Gasteiger charge is -2.27. The van der Waals surface area contributed by atoms with E-state index in [9.17, 15) is 0 Å². The van der Waals surface area contributed by atoms with E-state index in [1.807, 2.05) is 31.7 Å². The van der Waals surface area contributed by atoms with Crippen LogP contribution in [0.25, 0.3) is 0 Å². The number of nitrogens with two attached hydrogens (primary N) is 1. The molecule has 0 radical (unpaired) electrons. The largest absolute Gasteiger partial charge is 0.395 e. The average Bonchev–Trinajstić information content (AvgIpc) is 2.25. The van der Waals surface area contributed by atoms with Gasteiger partial charge in [0.25, 0.3) is 0 Å². The van der Waals surface area contributed by atoms with Gasteiger partial charge in [0.05, 0.1) is 6.61 Å². The summed E-state index contributed by atoms with van der Waals surface area (Å²) in [6, 6.07) is 2.08. The second-order valence-electron chi connectivity index (χ2n) is 4.01. The van der Waals surface area contributed by atoms with E-state index in [2.05, 4.69) is 15.3 Å². The van der Waals surface area contributed by atoms with Crippen LogP contribution in [-0.4, -0.2) is 40.8 Å². The Bertz CT molecular complexity index is 356. The van der Waals surface area contributed by atoms with Crippen LogP contribution in [-0.2, 0) is 0 Å². The molecule has 1 aromatic rings. The van der Waals surface area contributed by atoms with E-state index in [0.717, 1.165) is 12.4 Å². The van der Waals surface area contributed by atoms with Gasteiger partial charge in [-0.25, -0.2) is 0 Å². The average molecular weight is 239 g/mol. The number of nitrogens with zero attached hydrogens (tertiary/aromatic N) is 3. The summed E-state index contributed by atoms with van der Waals surface area (Å²) >= 11 is 0. The van der Waals surface area contributed by atoms with E-state index in [1.165, 1.54) is 0 Å². The number of anilines is 3. The van der Waals surface area contributed by atoms with E-state index < -0.39 is 0 Å². The Labute approximate surface area is 102 Å². The van der Waals surface area contributed by atoms with Gasteiger partial charge in [-0.2, -0.15) is 9.97 Å². The van der Waals surface area contributed by atoms with Gasteiger partial charge in [0.2, 0.25) is 5.95 Å². The fourth-order valence-electron chi connectivity index (χ4n) is 1.62. The lowest BCUT2D eigenvalue weighted by Crippen LogP contribution is -2.34. The second kappa shape index (κ2) is 6.24. The standard InChI is InChI=1S/C11H21N5O/c1-4-13-9-7-10(15-11(12)14-9)16(5-6-17)8(2)3/h7-8,17H,4-6H2,1-3H3,(H3,12,13,14,15). The SMILES string of the molecule is CCNc1cc(N(CCO)C(C)C)nc(N)n1. The predicted octanol–water partition coefficient (Wildman–Crippen LogP) is 0.698. The Morgan fingerprint density at radius 3 is 2.71 bits per heavy atom. The van der Waals surface area contributed by atoms with Crippen molar-refractivity contribution in [3.05, 3.63) is 6.07 Å². The number of aliphatic hydroxyl groups excluding tert-OH is 1. The topological polar surface area (TPSA) is 87.3 Å². The summed E-state index contributed by atoms with van der Waals surface area (Å²) in [5, 5.41) is 12.2. The van der Waals surface area contributed by atoms with Gasteiger partial charge >= 0.3 is 0 Å². The molecule has 0 aliphatic rings. The molecular weight excluding hydrogens is 218 g/mol. The molecule has 0 atom stereocenters. The lowest BCUT2D eigenvalue weighted by atomic mass is 10.3. The van der Waals surface area contributed by atoms with Crippen LogP contribution in [0.5, 0.6) is 0 Å². The Morgan fingerprint density at radius 1 is 1.47 bits per heavy atom. The normalized spacial score (nSPS) is 10.6. The van der Waals surface area contributed by atoms with E-state index in [1.54, 1.807) is 0 Å². The number of nitrogens with one attached hydrogen (secondary N) is 1. The molecule has 0 saturated carbocycles. The third-order valence-electron chi connectivity index (χ3n) is 2.35. The smallest absolute Gasteiger partial charge is 0.223 e. The van der Waals surface area contributed by atoms with E-state index in [4.69, 9.17) is 10.8 Å². The summed E-state index contributed by atoms with van der Waals surface area (Å²) in [6.07, 6.45) is 0. The highest BCUT2D eigenvalue weighted by Crippen LogP contribution is 2.18. The summed E-state index contributed by atoms with van der Waals surface area (Å²) in [6.45, 7) is 7.46. The van der Waals surface area contributed by atoms with Crippen molar-refractivity contribution in [3.63, 3.8) is 0 Å². The van der Waals surface area contributed by atoms with Gasteiger partial charge in [-0.1, -0.05) is 0 Å². The molecule has 0 saturated heterocycles. The van der Waals surface area contributed by atoms with Crippen molar-refractivity contribution in [2.45, 2.75) is 26.8 Å². The molecule has 0 amide bonds. The maximum Gasteiger partial charge on any atom is 0.223 e. The van der Waals surface area contributed by atoms with Gasteiger partial charge in [-0.3, -0.25) is 0 Å². The van der Waals surface area contributed by atoms with Crippen LogP contribution in [0.4, 0.5) is 17.6 Å². The maximum absolute atomic E-state index is 9.06. The maximum atomic E-state index is 9.06. The van der Waals surface area contributed by atoms with Crippen molar-refractivity contribution in [1.82, 2.24) is 9.97 Å². The molecule has 0 bridgehead atoms. The minimum absolute atomic E-state index is 0.0820. The van der Waals surface area contributed by atoms with Crippen LogP contribution in [0.1, 0.15) is 20.8 Å². The first-order chi connectivity index (χ1) is 8.08. The Hall–Kier alpha value is -1.56. The first-order valence-electron chi connectivity index (χ1n) is 5.84. The molecule has 0 aliphatic heterocycles. The summed E-state index contributed by atoms with van der Waals surface area (Å²) in [7, 11) is 0. The van der Waals surface area contributed by atoms with Crippen molar-refractivity contribution < 1.29 is 5.11 Å². The van der Waals surface area contributed by atoms with Crippen molar-refractivity contribution in [1.29, 1.82) is 0 Å². The Balaban J connectivity index is 3.00. The molecule has 4 N–H and O–H groups in total. The van der Waals surface area contributed by atoms with Crippen molar-refractivity contribution in [3.8, 4) is 0 Å². The molecule has 6 heteroatoms. The van der Waals surface area contributed by atoms with Crippen LogP contribution >= 0.6 is 0 Å². The van der Waals surface area contributed by atoms with Crippen LogP contribution < -0.4 is 16.0 Å². The molecule has 1 heterocycles. The molecular formula is C11H21N5O. The zero-order valence-corrected chi connectivity index (χ0v) is 10.6. The van der Waals surface area contributed by atoms with Crippen molar-refractivity contribution in [2.24, 2.45) is 0 Å². The van der Waals surface area contributed by atoms with Crippen LogP contribution in [0.2, 0.25) is 0 Å². The van der Waals surface area contributed by atoms with Gasteiger partial charge in [0.1, 0.15) is 11.6 Å². The van der Waals surface area contributed by atoms with E-state index in [-0.39, 0.29) is 18.6 Å². The number of hydrogen-bond acceptors (Lipinski definition) is 6. The fraction of sp³-hybridized carbons (Fsp3) is 0.636. The van der Waals surface area contributed by atoms with Gasteiger partial charge in [0, 0.05) is 25.2 Å². The predicted molar refractivity (Wildman–Crippen MR) is 70.2 cm³/mol. The van der Waals surface area contributed by atoms with Crippen LogP contribution in [0.15, 0.2) is 6.07 Å². The summed E-state index contributed by atoms with van der Waals surface area (Å²) in [5.41, 5.74) is 5.67.